The van der Waals surface area contributed by atoms with Gasteiger partial charge in [-0.25, -0.2) is 9.36 Å². The summed E-state index contributed by atoms with van der Waals surface area (Å²) in [6, 6.07) is 5.87. The van der Waals surface area contributed by atoms with Crippen LogP contribution in [0, 0.1) is 0 Å². The third kappa shape index (κ3) is 2.29. The Morgan fingerprint density at radius 1 is 1.37 bits per heavy atom. The Labute approximate surface area is 109 Å². The predicted octanol–water partition coefficient (Wildman–Crippen LogP) is 0.387. The Bertz CT molecular complexity index is 730. The molecule has 2 N–H and O–H groups in total. The first-order chi connectivity index (χ1) is 9.06. The van der Waals surface area contributed by atoms with Gasteiger partial charge in [0.05, 0.1) is 10.9 Å². The number of likely N-dealkylation sites (N-methyl/N-ethyl adjacent to an activating group) is 1. The zero-order chi connectivity index (χ0) is 14.0. The standard InChI is InChI=1S/C13H15N3O3/c1-3-14-11(17)8(2)16-12(18)9-6-4-5-7-10(9)15-13(16)19/h4-8H,3H2,1-2H3,(H,14,17)(H,15,19). The van der Waals surface area contributed by atoms with Crippen molar-refractivity contribution in [1.29, 1.82) is 0 Å². The average Bonchev–Trinajstić information content (AvgIpc) is 2.38. The van der Waals surface area contributed by atoms with Crippen LogP contribution in [-0.2, 0) is 4.79 Å². The highest BCUT2D eigenvalue weighted by atomic mass is 16.2. The zero-order valence-electron chi connectivity index (χ0n) is 10.8. The number of carbonyl (C=O) groups excluding carboxylic acids is 1. The van der Waals surface area contributed by atoms with Gasteiger partial charge in [0.1, 0.15) is 6.04 Å². The SMILES string of the molecule is CCNC(=O)C(C)n1c(=O)[nH]c2ccccc2c1=O. The minimum absolute atomic E-state index is 0.356. The van der Waals surface area contributed by atoms with Crippen molar-refractivity contribution in [3.05, 3.63) is 45.1 Å². The van der Waals surface area contributed by atoms with Crippen molar-refractivity contribution in [2.75, 3.05) is 6.54 Å². The Balaban J connectivity index is 2.64. The number of benzene rings is 1. The van der Waals surface area contributed by atoms with Crippen LogP contribution in [0.15, 0.2) is 33.9 Å². The van der Waals surface area contributed by atoms with Crippen LogP contribution >= 0.6 is 0 Å². The van der Waals surface area contributed by atoms with Gasteiger partial charge < -0.3 is 10.3 Å². The topological polar surface area (TPSA) is 84.0 Å². The quantitative estimate of drug-likeness (QED) is 0.838. The maximum Gasteiger partial charge on any atom is 0.329 e. The number of nitrogens with one attached hydrogen (secondary N) is 2. The van der Waals surface area contributed by atoms with E-state index in [1.807, 2.05) is 0 Å². The molecule has 0 aliphatic carbocycles. The van der Waals surface area contributed by atoms with Gasteiger partial charge >= 0.3 is 5.69 Å². The molecule has 0 spiro atoms. The van der Waals surface area contributed by atoms with Gasteiger partial charge in [-0.05, 0) is 26.0 Å². The van der Waals surface area contributed by atoms with Crippen molar-refractivity contribution >= 4 is 16.8 Å². The number of aromatic nitrogens is 2. The molecule has 0 bridgehead atoms. The van der Waals surface area contributed by atoms with Crippen molar-refractivity contribution in [2.24, 2.45) is 0 Å². The summed E-state index contributed by atoms with van der Waals surface area (Å²) in [6.45, 7) is 3.75. The number of hydrogen-bond donors (Lipinski definition) is 2. The van der Waals surface area contributed by atoms with E-state index in [4.69, 9.17) is 0 Å². The number of rotatable bonds is 3. The van der Waals surface area contributed by atoms with Gasteiger partial charge in [-0.2, -0.15) is 0 Å². The molecule has 2 rings (SSSR count). The van der Waals surface area contributed by atoms with Gasteiger partial charge in [0.2, 0.25) is 5.91 Å². The number of amides is 1. The number of nitrogens with zero attached hydrogens (tertiary/aromatic N) is 1. The number of aromatic amines is 1. The lowest BCUT2D eigenvalue weighted by molar-refractivity contribution is -0.123. The first-order valence-corrected chi connectivity index (χ1v) is 6.07. The molecule has 0 aliphatic heterocycles. The van der Waals surface area contributed by atoms with E-state index in [1.165, 1.54) is 6.92 Å². The molecule has 1 amide bonds. The fourth-order valence-corrected chi connectivity index (χ4v) is 1.97. The summed E-state index contributed by atoms with van der Waals surface area (Å²) < 4.78 is 0.938. The van der Waals surface area contributed by atoms with E-state index >= 15 is 0 Å². The highest BCUT2D eigenvalue weighted by Gasteiger charge is 2.19. The summed E-state index contributed by atoms with van der Waals surface area (Å²) in [5.74, 6) is -0.356. The largest absolute Gasteiger partial charge is 0.355 e. The lowest BCUT2D eigenvalue weighted by Gasteiger charge is -2.13. The normalized spacial score (nSPS) is 12.3. The van der Waals surface area contributed by atoms with Crippen molar-refractivity contribution in [3.8, 4) is 0 Å². The fraction of sp³-hybridized carbons (Fsp3) is 0.308. The molecule has 0 fully saturated rings. The molecule has 0 aliphatic rings. The molecule has 6 nitrogen and oxygen atoms in total. The molecule has 1 aromatic heterocycles. The van der Waals surface area contributed by atoms with E-state index in [0.717, 1.165) is 4.57 Å². The van der Waals surface area contributed by atoms with Gasteiger partial charge in [-0.3, -0.25) is 9.59 Å². The van der Waals surface area contributed by atoms with E-state index in [2.05, 4.69) is 10.3 Å². The minimum Gasteiger partial charge on any atom is -0.355 e. The summed E-state index contributed by atoms with van der Waals surface area (Å²) in [5, 5.41) is 2.98. The molecule has 1 aromatic carbocycles. The van der Waals surface area contributed by atoms with Crippen molar-refractivity contribution < 1.29 is 4.79 Å². The van der Waals surface area contributed by atoms with E-state index in [1.54, 1.807) is 31.2 Å². The maximum atomic E-state index is 12.3. The molecule has 1 atom stereocenters. The molecule has 100 valence electrons. The lowest BCUT2D eigenvalue weighted by Crippen LogP contribution is -2.43. The Morgan fingerprint density at radius 2 is 2.05 bits per heavy atom. The second kappa shape index (κ2) is 5.09. The van der Waals surface area contributed by atoms with Crippen molar-refractivity contribution in [3.63, 3.8) is 0 Å². The highest BCUT2D eigenvalue weighted by molar-refractivity contribution is 5.81. The Morgan fingerprint density at radius 3 is 2.74 bits per heavy atom. The van der Waals surface area contributed by atoms with Crippen LogP contribution in [0.5, 0.6) is 0 Å². The summed E-state index contributed by atoms with van der Waals surface area (Å²) in [7, 11) is 0. The molecular weight excluding hydrogens is 246 g/mol. The monoisotopic (exact) mass is 261 g/mol. The van der Waals surface area contributed by atoms with E-state index in [9.17, 15) is 14.4 Å². The first-order valence-electron chi connectivity index (χ1n) is 6.07. The second-order valence-corrected chi connectivity index (χ2v) is 4.22. The third-order valence-electron chi connectivity index (χ3n) is 2.95. The van der Waals surface area contributed by atoms with Crippen LogP contribution in [-0.4, -0.2) is 22.0 Å². The van der Waals surface area contributed by atoms with Crippen molar-refractivity contribution in [2.45, 2.75) is 19.9 Å². The first kappa shape index (κ1) is 13.1. The second-order valence-electron chi connectivity index (χ2n) is 4.22. The number of para-hydroxylation sites is 1. The lowest BCUT2D eigenvalue weighted by atomic mass is 10.2. The van der Waals surface area contributed by atoms with Gasteiger partial charge in [-0.1, -0.05) is 12.1 Å². The highest BCUT2D eigenvalue weighted by Crippen LogP contribution is 2.05. The van der Waals surface area contributed by atoms with E-state index in [-0.39, 0.29) is 5.91 Å². The van der Waals surface area contributed by atoms with Gasteiger partial charge in [0, 0.05) is 6.54 Å². The Kier molecular flexibility index (Phi) is 3.50. The summed E-state index contributed by atoms with van der Waals surface area (Å²) in [6.07, 6.45) is 0. The zero-order valence-corrected chi connectivity index (χ0v) is 10.8. The number of carbonyl (C=O) groups is 1. The van der Waals surface area contributed by atoms with Crippen molar-refractivity contribution in [1.82, 2.24) is 14.9 Å². The van der Waals surface area contributed by atoms with Crippen LogP contribution in [0.3, 0.4) is 0 Å². The van der Waals surface area contributed by atoms with Crippen LogP contribution in [0.25, 0.3) is 10.9 Å². The average molecular weight is 261 g/mol. The summed E-state index contributed by atoms with van der Waals surface area (Å²) >= 11 is 0. The smallest absolute Gasteiger partial charge is 0.329 e. The predicted molar refractivity (Wildman–Crippen MR) is 72.2 cm³/mol. The molecule has 0 saturated carbocycles. The van der Waals surface area contributed by atoms with Crippen LogP contribution in [0.2, 0.25) is 0 Å². The number of fused-ring (bicyclic) bond motifs is 1. The maximum absolute atomic E-state index is 12.3. The van der Waals surface area contributed by atoms with E-state index in [0.29, 0.717) is 17.4 Å². The number of H-pyrrole nitrogens is 1. The van der Waals surface area contributed by atoms with Gasteiger partial charge in [0.25, 0.3) is 5.56 Å². The fourth-order valence-electron chi connectivity index (χ4n) is 1.97. The molecule has 6 heteroatoms. The van der Waals surface area contributed by atoms with E-state index < -0.39 is 17.3 Å². The molecule has 0 saturated heterocycles. The van der Waals surface area contributed by atoms with Crippen LogP contribution < -0.4 is 16.6 Å². The summed E-state index contributed by atoms with van der Waals surface area (Å²) in [4.78, 5) is 38.6. The summed E-state index contributed by atoms with van der Waals surface area (Å²) in [5.41, 5.74) is -0.572. The molecule has 2 aromatic rings. The van der Waals surface area contributed by atoms with Crippen LogP contribution in [0.4, 0.5) is 0 Å². The Hall–Kier alpha value is -2.37. The molecule has 0 radical (unpaired) electrons. The van der Waals surface area contributed by atoms with Crippen LogP contribution in [0.1, 0.15) is 19.9 Å². The number of hydrogen-bond acceptors (Lipinski definition) is 3. The van der Waals surface area contributed by atoms with Gasteiger partial charge in [-0.15, -0.1) is 0 Å². The van der Waals surface area contributed by atoms with Gasteiger partial charge in [0.15, 0.2) is 0 Å². The third-order valence-corrected chi connectivity index (χ3v) is 2.95. The minimum atomic E-state index is -0.846. The molecule has 1 heterocycles. The molecule has 19 heavy (non-hydrogen) atoms. The molecule has 1 unspecified atom stereocenters. The molecular formula is C13H15N3O3.